The van der Waals surface area contributed by atoms with Gasteiger partial charge in [0.05, 0.1) is 24.7 Å². The number of nitrogens with one attached hydrogen (secondary N) is 1. The third-order valence-corrected chi connectivity index (χ3v) is 4.13. The number of aromatic amines is 1. The minimum absolute atomic E-state index is 0.224. The van der Waals surface area contributed by atoms with Crippen molar-refractivity contribution in [1.29, 1.82) is 0 Å². The van der Waals surface area contributed by atoms with Crippen molar-refractivity contribution in [2.45, 2.75) is 51.1 Å². The van der Waals surface area contributed by atoms with E-state index in [9.17, 15) is 14.7 Å². The Bertz CT molecular complexity index is 666. The molecule has 2 fully saturated rings. The quantitative estimate of drug-likeness (QED) is 0.769. The van der Waals surface area contributed by atoms with Crippen LogP contribution < -0.4 is 11.2 Å². The molecule has 3 heterocycles. The summed E-state index contributed by atoms with van der Waals surface area (Å²) >= 11 is 0. The molecule has 2 N–H and O–H groups in total. The molecule has 8 heteroatoms. The van der Waals surface area contributed by atoms with Gasteiger partial charge >= 0.3 is 5.69 Å². The standard InChI is InChI=1S/C14H20N2O6/c1-7-10-11(22-14(2,3)21-7)8(6-17)20-12(10)16-5-4-9(18)15-13(16)19/h4-5,7-8,10-12,17H,6H2,1-3H3,(H,15,18,19)/t7-,8-,10-,11-,12-/m1/s1. The number of aliphatic hydroxyl groups is 1. The maximum atomic E-state index is 12.0. The zero-order chi connectivity index (χ0) is 16.1. The SMILES string of the molecule is C[C@H]1OC(C)(C)O[C@H]2[C@@H]1[C@H](n1ccc(=O)[nH]c1=O)O[C@@H]2CO. The van der Waals surface area contributed by atoms with Gasteiger partial charge < -0.3 is 19.3 Å². The van der Waals surface area contributed by atoms with Crippen LogP contribution in [0, 0.1) is 5.92 Å². The molecule has 0 unspecified atom stereocenters. The molecule has 8 nitrogen and oxygen atoms in total. The molecule has 2 aliphatic heterocycles. The molecule has 22 heavy (non-hydrogen) atoms. The van der Waals surface area contributed by atoms with E-state index in [1.54, 1.807) is 13.8 Å². The van der Waals surface area contributed by atoms with Crippen molar-refractivity contribution in [3.63, 3.8) is 0 Å². The number of nitrogens with zero attached hydrogens (tertiary/aromatic N) is 1. The Kier molecular flexibility index (Phi) is 3.72. The van der Waals surface area contributed by atoms with E-state index < -0.39 is 35.5 Å². The summed E-state index contributed by atoms with van der Waals surface area (Å²) in [6, 6.07) is 1.26. The summed E-state index contributed by atoms with van der Waals surface area (Å²) in [5.74, 6) is -1.06. The number of hydrogen-bond acceptors (Lipinski definition) is 6. The zero-order valence-electron chi connectivity index (χ0n) is 12.7. The summed E-state index contributed by atoms with van der Waals surface area (Å²) in [7, 11) is 0. The summed E-state index contributed by atoms with van der Waals surface area (Å²) < 4.78 is 18.8. The van der Waals surface area contributed by atoms with Gasteiger partial charge in [0.15, 0.2) is 5.79 Å². The molecule has 0 bridgehead atoms. The largest absolute Gasteiger partial charge is 0.394 e. The van der Waals surface area contributed by atoms with Crippen molar-refractivity contribution in [1.82, 2.24) is 9.55 Å². The Morgan fingerprint density at radius 2 is 2.09 bits per heavy atom. The molecule has 0 radical (unpaired) electrons. The van der Waals surface area contributed by atoms with E-state index in [4.69, 9.17) is 14.2 Å². The number of aliphatic hydroxyl groups excluding tert-OH is 1. The molecule has 0 aliphatic carbocycles. The van der Waals surface area contributed by atoms with Gasteiger partial charge in [-0.25, -0.2) is 4.79 Å². The molecular formula is C14H20N2O6. The van der Waals surface area contributed by atoms with E-state index in [1.165, 1.54) is 16.8 Å². The van der Waals surface area contributed by atoms with Crippen molar-refractivity contribution in [3.8, 4) is 0 Å². The average Bonchev–Trinajstić information content (AvgIpc) is 2.75. The second-order valence-corrected chi connectivity index (χ2v) is 6.15. The van der Waals surface area contributed by atoms with Gasteiger partial charge in [0.1, 0.15) is 12.3 Å². The van der Waals surface area contributed by atoms with Crippen LogP contribution in [0.25, 0.3) is 0 Å². The minimum Gasteiger partial charge on any atom is -0.394 e. The predicted octanol–water partition coefficient (Wildman–Crippen LogP) is -0.417. The first-order chi connectivity index (χ1) is 10.3. The first kappa shape index (κ1) is 15.4. The highest BCUT2D eigenvalue weighted by Crippen LogP contribution is 2.44. The summed E-state index contributed by atoms with van der Waals surface area (Å²) in [6.07, 6.45) is -0.478. The molecule has 1 aromatic heterocycles. The van der Waals surface area contributed by atoms with E-state index >= 15 is 0 Å². The molecular weight excluding hydrogens is 292 g/mol. The van der Waals surface area contributed by atoms with Crippen LogP contribution in [0.1, 0.15) is 27.0 Å². The van der Waals surface area contributed by atoms with Crippen LogP contribution in [0.3, 0.4) is 0 Å². The van der Waals surface area contributed by atoms with Crippen LogP contribution in [0.5, 0.6) is 0 Å². The lowest BCUT2D eigenvalue weighted by molar-refractivity contribution is -0.317. The Morgan fingerprint density at radius 3 is 2.73 bits per heavy atom. The monoisotopic (exact) mass is 312 g/mol. The van der Waals surface area contributed by atoms with Crippen molar-refractivity contribution in [2.24, 2.45) is 5.92 Å². The van der Waals surface area contributed by atoms with Crippen molar-refractivity contribution in [3.05, 3.63) is 33.1 Å². The summed E-state index contributed by atoms with van der Waals surface area (Å²) in [5, 5.41) is 9.55. The summed E-state index contributed by atoms with van der Waals surface area (Å²) in [6.45, 7) is 5.26. The van der Waals surface area contributed by atoms with Crippen molar-refractivity contribution in [2.75, 3.05) is 6.61 Å². The van der Waals surface area contributed by atoms with Gasteiger partial charge in [-0.05, 0) is 20.8 Å². The van der Waals surface area contributed by atoms with Crippen molar-refractivity contribution < 1.29 is 19.3 Å². The van der Waals surface area contributed by atoms with Gasteiger partial charge in [0.2, 0.25) is 0 Å². The average molecular weight is 312 g/mol. The second-order valence-electron chi connectivity index (χ2n) is 6.15. The molecule has 0 amide bonds. The van der Waals surface area contributed by atoms with Crippen LogP contribution >= 0.6 is 0 Å². The molecule has 0 aromatic carbocycles. The molecule has 122 valence electrons. The fraction of sp³-hybridized carbons (Fsp3) is 0.714. The van der Waals surface area contributed by atoms with Crippen LogP contribution in [0.2, 0.25) is 0 Å². The number of H-pyrrole nitrogens is 1. The smallest absolute Gasteiger partial charge is 0.330 e. The number of aromatic nitrogens is 2. The molecule has 0 saturated carbocycles. The van der Waals surface area contributed by atoms with Gasteiger partial charge in [0.25, 0.3) is 5.56 Å². The molecule has 0 spiro atoms. The third-order valence-electron chi connectivity index (χ3n) is 4.13. The highest BCUT2D eigenvalue weighted by atomic mass is 16.7. The van der Waals surface area contributed by atoms with Gasteiger partial charge in [0, 0.05) is 12.3 Å². The van der Waals surface area contributed by atoms with Crippen LogP contribution in [-0.2, 0) is 14.2 Å². The number of hydrogen-bond donors (Lipinski definition) is 2. The Hall–Kier alpha value is -1.48. The lowest BCUT2D eigenvalue weighted by Crippen LogP contribution is -2.52. The van der Waals surface area contributed by atoms with E-state index in [0.29, 0.717) is 0 Å². The Morgan fingerprint density at radius 1 is 1.36 bits per heavy atom. The van der Waals surface area contributed by atoms with E-state index in [-0.39, 0.29) is 18.6 Å². The molecule has 1 aromatic rings. The third kappa shape index (κ3) is 2.52. The number of ether oxygens (including phenoxy) is 3. The maximum absolute atomic E-state index is 12.0. The van der Waals surface area contributed by atoms with E-state index in [0.717, 1.165) is 0 Å². The van der Waals surface area contributed by atoms with Gasteiger partial charge in [-0.2, -0.15) is 0 Å². The number of rotatable bonds is 2. The first-order valence-corrected chi connectivity index (χ1v) is 7.26. The maximum Gasteiger partial charge on any atom is 0.330 e. The highest BCUT2D eigenvalue weighted by Gasteiger charge is 2.54. The fourth-order valence-electron chi connectivity index (χ4n) is 3.32. The molecule has 3 rings (SSSR count). The second kappa shape index (κ2) is 5.31. The summed E-state index contributed by atoms with van der Waals surface area (Å²) in [4.78, 5) is 25.4. The summed E-state index contributed by atoms with van der Waals surface area (Å²) in [5.41, 5.74) is -1.04. The molecule has 5 atom stereocenters. The van der Waals surface area contributed by atoms with Crippen molar-refractivity contribution >= 4 is 0 Å². The topological polar surface area (TPSA) is 103 Å². The number of fused-ring (bicyclic) bond motifs is 1. The van der Waals surface area contributed by atoms with Crippen LogP contribution in [-0.4, -0.2) is 45.4 Å². The molecule has 2 aliphatic rings. The van der Waals surface area contributed by atoms with Crippen LogP contribution in [0.4, 0.5) is 0 Å². The highest BCUT2D eigenvalue weighted by molar-refractivity contribution is 4.98. The lowest BCUT2D eigenvalue weighted by atomic mass is 9.92. The molecule has 2 saturated heterocycles. The van der Waals surface area contributed by atoms with Gasteiger partial charge in [-0.15, -0.1) is 0 Å². The first-order valence-electron chi connectivity index (χ1n) is 7.26. The normalized spacial score (nSPS) is 37.0. The van der Waals surface area contributed by atoms with E-state index in [2.05, 4.69) is 4.98 Å². The minimum atomic E-state index is -0.789. The Labute approximate surface area is 126 Å². The lowest BCUT2D eigenvalue weighted by Gasteiger charge is -2.43. The van der Waals surface area contributed by atoms with Gasteiger partial charge in [-0.3, -0.25) is 14.3 Å². The van der Waals surface area contributed by atoms with E-state index in [1.807, 2.05) is 6.92 Å². The zero-order valence-corrected chi connectivity index (χ0v) is 12.7. The Balaban J connectivity index is 2.00. The van der Waals surface area contributed by atoms with Crippen LogP contribution in [0.15, 0.2) is 21.9 Å². The fourth-order valence-corrected chi connectivity index (χ4v) is 3.32. The van der Waals surface area contributed by atoms with Gasteiger partial charge in [-0.1, -0.05) is 0 Å². The predicted molar refractivity (Wildman–Crippen MR) is 75.3 cm³/mol.